The van der Waals surface area contributed by atoms with E-state index in [4.69, 9.17) is 4.42 Å². The van der Waals surface area contributed by atoms with Crippen LogP contribution in [0.1, 0.15) is 31.2 Å². The van der Waals surface area contributed by atoms with Crippen molar-refractivity contribution in [1.82, 2.24) is 9.21 Å². The molecule has 4 rings (SSSR count). The van der Waals surface area contributed by atoms with Crippen molar-refractivity contribution in [2.45, 2.75) is 42.2 Å². The monoisotopic (exact) mass is 444 g/mol. The molecule has 1 amide bonds. The van der Waals surface area contributed by atoms with Crippen LogP contribution in [0.5, 0.6) is 0 Å². The van der Waals surface area contributed by atoms with E-state index in [1.807, 2.05) is 0 Å². The van der Waals surface area contributed by atoms with Crippen molar-refractivity contribution < 1.29 is 22.7 Å². The Morgan fingerprint density at radius 2 is 2.03 bits per heavy atom. The van der Waals surface area contributed by atoms with Crippen molar-refractivity contribution in [2.24, 2.45) is 5.92 Å². The van der Waals surface area contributed by atoms with Gasteiger partial charge in [0, 0.05) is 37.8 Å². The average molecular weight is 445 g/mol. The van der Waals surface area contributed by atoms with Gasteiger partial charge in [-0.2, -0.15) is 4.31 Å². The van der Waals surface area contributed by atoms with Crippen LogP contribution in [0.15, 0.2) is 64.3 Å². The number of piperidine rings is 1. The predicted octanol–water partition coefficient (Wildman–Crippen LogP) is 2.75. The molecule has 1 N–H and O–H groups in total. The van der Waals surface area contributed by atoms with Crippen LogP contribution in [0, 0.1) is 5.92 Å². The van der Waals surface area contributed by atoms with Gasteiger partial charge in [-0.3, -0.25) is 4.79 Å². The number of sulfonamides is 1. The number of nitrogens with zero attached hydrogens (tertiary/aromatic N) is 2. The molecular formula is C23H28N2O5S. The van der Waals surface area contributed by atoms with Crippen molar-refractivity contribution in [3.05, 3.63) is 60.6 Å². The fourth-order valence-electron chi connectivity index (χ4n) is 4.70. The van der Waals surface area contributed by atoms with Crippen molar-refractivity contribution in [3.8, 4) is 0 Å². The summed E-state index contributed by atoms with van der Waals surface area (Å²) in [6.45, 7) is 0.467. The van der Waals surface area contributed by atoms with Crippen LogP contribution in [0.2, 0.25) is 0 Å². The van der Waals surface area contributed by atoms with E-state index >= 15 is 0 Å². The fraction of sp³-hybridized carbons (Fsp3) is 0.435. The molecule has 1 aromatic heterocycles. The first kappa shape index (κ1) is 21.8. The van der Waals surface area contributed by atoms with Gasteiger partial charge in [0.15, 0.2) is 0 Å². The average Bonchev–Trinajstić information content (AvgIpc) is 3.30. The summed E-state index contributed by atoms with van der Waals surface area (Å²) in [6.07, 6.45) is 8.71. The summed E-state index contributed by atoms with van der Waals surface area (Å²) in [5, 5.41) is 11.3. The fourth-order valence-corrected chi connectivity index (χ4v) is 6.24. The molecule has 0 radical (unpaired) electrons. The van der Waals surface area contributed by atoms with E-state index in [2.05, 4.69) is 0 Å². The van der Waals surface area contributed by atoms with Crippen molar-refractivity contribution in [3.63, 3.8) is 0 Å². The van der Waals surface area contributed by atoms with Crippen molar-refractivity contribution in [1.29, 1.82) is 0 Å². The Morgan fingerprint density at radius 1 is 1.26 bits per heavy atom. The zero-order chi connectivity index (χ0) is 22.1. The highest BCUT2D eigenvalue weighted by molar-refractivity contribution is 7.89. The highest BCUT2D eigenvalue weighted by atomic mass is 32.2. The van der Waals surface area contributed by atoms with Gasteiger partial charge in [-0.05, 0) is 55.9 Å². The Kier molecular flexibility index (Phi) is 6.05. The maximum absolute atomic E-state index is 13.0. The second-order valence-corrected chi connectivity index (χ2v) is 10.4. The summed E-state index contributed by atoms with van der Waals surface area (Å²) < 4.78 is 32.4. The Balaban J connectivity index is 1.41. The van der Waals surface area contributed by atoms with Gasteiger partial charge in [-0.1, -0.05) is 18.2 Å². The number of aliphatic hydroxyl groups is 1. The quantitative estimate of drug-likeness (QED) is 0.716. The van der Waals surface area contributed by atoms with E-state index in [1.54, 1.807) is 66.9 Å². The van der Waals surface area contributed by atoms with Crippen LogP contribution in [0.4, 0.5) is 0 Å². The molecule has 1 aliphatic carbocycles. The minimum Gasteiger partial charge on any atom is -0.472 e. The number of carbonyl (C=O) groups is 1. The predicted molar refractivity (Wildman–Crippen MR) is 116 cm³/mol. The normalized spacial score (nSPS) is 27.2. The molecule has 1 aromatic carbocycles. The molecule has 0 bridgehead atoms. The first-order valence-electron chi connectivity index (χ1n) is 10.5. The number of rotatable bonds is 5. The first-order valence-corrected chi connectivity index (χ1v) is 12.0. The summed E-state index contributed by atoms with van der Waals surface area (Å²) in [6, 6.07) is 10.1. The molecule has 3 atom stereocenters. The summed E-state index contributed by atoms with van der Waals surface area (Å²) in [5.74, 6) is -0.137. The third-order valence-corrected chi connectivity index (χ3v) is 8.50. The molecule has 2 heterocycles. The molecule has 1 aliphatic heterocycles. The number of hydrogen-bond donors (Lipinski definition) is 1. The maximum Gasteiger partial charge on any atom is 0.246 e. The van der Waals surface area contributed by atoms with Crippen molar-refractivity contribution >= 4 is 22.0 Å². The lowest BCUT2D eigenvalue weighted by Crippen LogP contribution is -2.59. The summed E-state index contributed by atoms with van der Waals surface area (Å²) in [7, 11) is -1.85. The van der Waals surface area contributed by atoms with Crippen LogP contribution in [0.3, 0.4) is 0 Å². The number of amides is 1. The molecule has 2 aromatic rings. The molecule has 31 heavy (non-hydrogen) atoms. The summed E-state index contributed by atoms with van der Waals surface area (Å²) in [5.41, 5.74) is -0.237. The van der Waals surface area contributed by atoms with E-state index < -0.39 is 15.6 Å². The SMILES string of the molecule is CN(C(=O)/C=C/c1ccoc1)[C@H]1CC[C@]2(O)CN(S(=O)(=O)c3ccccc3)CC[C@H]2C1. The third-order valence-electron chi connectivity index (χ3n) is 6.64. The zero-order valence-electron chi connectivity index (χ0n) is 17.6. The van der Waals surface area contributed by atoms with Gasteiger partial charge in [0.1, 0.15) is 0 Å². The largest absolute Gasteiger partial charge is 0.472 e. The van der Waals surface area contributed by atoms with Crippen LogP contribution < -0.4 is 0 Å². The molecule has 1 saturated carbocycles. The zero-order valence-corrected chi connectivity index (χ0v) is 18.4. The van der Waals surface area contributed by atoms with Gasteiger partial charge < -0.3 is 14.4 Å². The van der Waals surface area contributed by atoms with Crippen LogP contribution in [-0.2, 0) is 14.8 Å². The Hall–Kier alpha value is -2.42. The van der Waals surface area contributed by atoms with E-state index in [0.29, 0.717) is 32.2 Å². The molecule has 2 aliphatic rings. The second-order valence-electron chi connectivity index (χ2n) is 8.51. The Labute approximate surface area is 183 Å². The molecule has 166 valence electrons. The van der Waals surface area contributed by atoms with Crippen molar-refractivity contribution in [2.75, 3.05) is 20.1 Å². The van der Waals surface area contributed by atoms with Gasteiger partial charge in [0.2, 0.25) is 15.9 Å². The van der Waals surface area contributed by atoms with E-state index in [0.717, 1.165) is 5.56 Å². The number of likely N-dealkylation sites (N-methyl/N-ethyl adjacent to an activating group) is 1. The first-order chi connectivity index (χ1) is 14.8. The number of furan rings is 1. The maximum atomic E-state index is 13.0. The minimum absolute atomic E-state index is 0.0176. The smallest absolute Gasteiger partial charge is 0.246 e. The number of fused-ring (bicyclic) bond motifs is 1. The van der Waals surface area contributed by atoms with Crippen LogP contribution in [0.25, 0.3) is 6.08 Å². The van der Waals surface area contributed by atoms with Gasteiger partial charge in [-0.25, -0.2) is 8.42 Å². The molecule has 8 heteroatoms. The third kappa shape index (κ3) is 4.46. The Bertz CT molecular complexity index is 1040. The van der Waals surface area contributed by atoms with Gasteiger partial charge >= 0.3 is 0 Å². The standard InChI is InChI=1S/C23H28N2O5S/c1-24(22(26)8-7-18-11-14-30-16-18)20-9-12-23(27)17-25(13-10-19(23)15-20)31(28,29)21-5-3-2-4-6-21/h2-8,11,14,16,19-20,27H,9-10,12-13,15,17H2,1H3/b8-7+/t19-,20-,23-/m0/s1. The lowest BCUT2D eigenvalue weighted by molar-refractivity contribution is -0.133. The molecule has 2 fully saturated rings. The minimum atomic E-state index is -3.63. The lowest BCUT2D eigenvalue weighted by Gasteiger charge is -2.50. The van der Waals surface area contributed by atoms with E-state index in [-0.39, 0.29) is 29.3 Å². The van der Waals surface area contributed by atoms with Gasteiger partial charge in [0.05, 0.1) is 23.0 Å². The van der Waals surface area contributed by atoms with Gasteiger partial charge in [-0.15, -0.1) is 0 Å². The Morgan fingerprint density at radius 3 is 2.74 bits per heavy atom. The van der Waals surface area contributed by atoms with E-state index in [9.17, 15) is 18.3 Å². The molecule has 7 nitrogen and oxygen atoms in total. The molecular weight excluding hydrogens is 416 g/mol. The molecule has 1 saturated heterocycles. The highest BCUT2D eigenvalue weighted by Crippen LogP contribution is 2.42. The van der Waals surface area contributed by atoms with E-state index in [1.165, 1.54) is 10.4 Å². The molecule has 0 spiro atoms. The summed E-state index contributed by atoms with van der Waals surface area (Å²) in [4.78, 5) is 14.6. The number of benzene rings is 1. The number of hydrogen-bond acceptors (Lipinski definition) is 5. The van der Waals surface area contributed by atoms with Crippen LogP contribution >= 0.6 is 0 Å². The summed E-state index contributed by atoms with van der Waals surface area (Å²) >= 11 is 0. The lowest BCUT2D eigenvalue weighted by atomic mass is 9.70. The topological polar surface area (TPSA) is 91.1 Å². The van der Waals surface area contributed by atoms with Gasteiger partial charge in [0.25, 0.3) is 0 Å². The van der Waals surface area contributed by atoms with Crippen LogP contribution in [-0.4, -0.2) is 60.4 Å². The second kappa shape index (κ2) is 8.61. The molecule has 0 unspecified atom stereocenters. The number of carbonyl (C=O) groups excluding carboxylic acids is 1. The number of β-amino-alcohol motifs (C(OH)–C–C–N with tert-alkyl or cyclic N) is 1. The highest BCUT2D eigenvalue weighted by Gasteiger charge is 2.49.